The van der Waals surface area contributed by atoms with Crippen LogP contribution < -0.4 is 0 Å². The van der Waals surface area contributed by atoms with Crippen LogP contribution in [0.1, 0.15) is 37.0 Å². The summed E-state index contributed by atoms with van der Waals surface area (Å²) in [5.41, 5.74) is 0.629. The Kier molecular flexibility index (Phi) is 6.18. The molecule has 0 spiro atoms. The van der Waals surface area contributed by atoms with Crippen molar-refractivity contribution in [1.29, 1.82) is 0 Å². The second kappa shape index (κ2) is 7.49. The number of carbonyl (C=O) groups is 1. The van der Waals surface area contributed by atoms with Gasteiger partial charge in [-0.1, -0.05) is 41.4 Å². The van der Waals surface area contributed by atoms with Crippen molar-refractivity contribution in [3.8, 4) is 0 Å². The third-order valence-corrected chi connectivity index (χ3v) is 6.00. The Bertz CT molecular complexity index is 521. The van der Waals surface area contributed by atoms with E-state index in [1.54, 1.807) is 12.1 Å². The maximum absolute atomic E-state index is 12.3. The van der Waals surface area contributed by atoms with Gasteiger partial charge in [-0.05, 0) is 31.2 Å². The van der Waals surface area contributed by atoms with E-state index in [2.05, 4.69) is 34.7 Å². The molecule has 0 unspecified atom stereocenters. The lowest BCUT2D eigenvalue weighted by Gasteiger charge is -2.22. The Hall–Kier alpha value is -0.0300. The fraction of sp³-hybridized carbons (Fsp3) is 0.562. The van der Waals surface area contributed by atoms with E-state index in [1.807, 2.05) is 17.8 Å². The van der Waals surface area contributed by atoms with Crippen LogP contribution in [-0.4, -0.2) is 40.8 Å². The van der Waals surface area contributed by atoms with Crippen LogP contribution in [0.2, 0.25) is 5.02 Å². The number of ketones is 1. The number of Topliss-reactive ketones (excluding diaryl/α,β-unsaturated/α-hetero) is 1. The molecular weight excluding hydrogens is 370 g/mol. The van der Waals surface area contributed by atoms with Gasteiger partial charge in [0.25, 0.3) is 0 Å². The molecule has 1 heterocycles. The fourth-order valence-corrected chi connectivity index (χ4v) is 4.31. The van der Waals surface area contributed by atoms with E-state index in [0.29, 0.717) is 21.8 Å². The van der Waals surface area contributed by atoms with E-state index in [1.165, 1.54) is 6.42 Å². The second-order valence-electron chi connectivity index (χ2n) is 6.00. The lowest BCUT2D eigenvalue weighted by atomic mass is 10.1. The zero-order chi connectivity index (χ0) is 15.5. The molecular formula is C16H21BrClNOS. The van der Waals surface area contributed by atoms with E-state index >= 15 is 0 Å². The predicted molar refractivity (Wildman–Crippen MR) is 95.7 cm³/mol. The average Bonchev–Trinajstić information content (AvgIpc) is 2.57. The van der Waals surface area contributed by atoms with Gasteiger partial charge in [0.15, 0.2) is 5.78 Å². The topological polar surface area (TPSA) is 20.3 Å². The summed E-state index contributed by atoms with van der Waals surface area (Å²) in [6, 6.07) is 5.44. The van der Waals surface area contributed by atoms with Crippen LogP contribution in [0.4, 0.5) is 0 Å². The van der Waals surface area contributed by atoms with Gasteiger partial charge in [0, 0.05) is 40.0 Å². The Morgan fingerprint density at radius 1 is 1.43 bits per heavy atom. The summed E-state index contributed by atoms with van der Waals surface area (Å²) in [7, 11) is 0. The van der Waals surface area contributed by atoms with Crippen LogP contribution in [0.3, 0.4) is 0 Å². The summed E-state index contributed by atoms with van der Waals surface area (Å²) in [6.07, 6.45) is 1.71. The number of hydrogen-bond acceptors (Lipinski definition) is 3. The standard InChI is InChI=1S/C16H21BrClNOS/c1-16(2)6-8-19(9-10-21-16)7-5-15(20)13-4-3-12(17)11-14(13)18/h3-4,11H,5-10H2,1-2H3. The lowest BCUT2D eigenvalue weighted by Crippen LogP contribution is -2.29. The number of thioether (sulfide) groups is 1. The van der Waals surface area contributed by atoms with E-state index < -0.39 is 0 Å². The van der Waals surface area contributed by atoms with Crippen molar-refractivity contribution in [2.75, 3.05) is 25.4 Å². The van der Waals surface area contributed by atoms with E-state index in [4.69, 9.17) is 11.6 Å². The molecule has 0 bridgehead atoms. The molecule has 0 atom stereocenters. The van der Waals surface area contributed by atoms with Crippen molar-refractivity contribution in [3.05, 3.63) is 33.3 Å². The highest BCUT2D eigenvalue weighted by atomic mass is 79.9. The van der Waals surface area contributed by atoms with Gasteiger partial charge in [-0.2, -0.15) is 11.8 Å². The first kappa shape index (κ1) is 17.3. The quantitative estimate of drug-likeness (QED) is 0.682. The lowest BCUT2D eigenvalue weighted by molar-refractivity contribution is 0.0965. The summed E-state index contributed by atoms with van der Waals surface area (Å²) in [6.45, 7) is 7.56. The average molecular weight is 391 g/mol. The van der Waals surface area contributed by atoms with Crippen molar-refractivity contribution < 1.29 is 4.79 Å². The minimum Gasteiger partial charge on any atom is -0.302 e. The maximum atomic E-state index is 12.3. The predicted octanol–water partition coefficient (Wildman–Crippen LogP) is 4.89. The van der Waals surface area contributed by atoms with E-state index in [-0.39, 0.29) is 5.78 Å². The first-order valence-electron chi connectivity index (χ1n) is 7.22. The number of hydrogen-bond donors (Lipinski definition) is 0. The zero-order valence-electron chi connectivity index (χ0n) is 12.5. The first-order valence-corrected chi connectivity index (χ1v) is 9.38. The third kappa shape index (κ3) is 5.27. The molecule has 116 valence electrons. The van der Waals surface area contributed by atoms with Crippen LogP contribution in [0, 0.1) is 0 Å². The van der Waals surface area contributed by atoms with Gasteiger partial charge in [-0.15, -0.1) is 0 Å². The first-order chi connectivity index (χ1) is 9.87. The van der Waals surface area contributed by atoms with Crippen LogP contribution in [-0.2, 0) is 0 Å². The minimum atomic E-state index is 0.128. The summed E-state index contributed by atoms with van der Waals surface area (Å²) >= 11 is 11.5. The molecule has 1 aromatic rings. The van der Waals surface area contributed by atoms with Gasteiger partial charge in [0.05, 0.1) is 5.02 Å². The number of halogens is 2. The molecule has 0 radical (unpaired) electrons. The van der Waals surface area contributed by atoms with Crippen molar-refractivity contribution in [1.82, 2.24) is 4.90 Å². The van der Waals surface area contributed by atoms with E-state index in [9.17, 15) is 4.79 Å². The molecule has 5 heteroatoms. The third-order valence-electron chi connectivity index (χ3n) is 3.82. The van der Waals surface area contributed by atoms with Crippen LogP contribution in [0.5, 0.6) is 0 Å². The molecule has 2 nitrogen and oxygen atoms in total. The van der Waals surface area contributed by atoms with Gasteiger partial charge in [0.1, 0.15) is 0 Å². The van der Waals surface area contributed by atoms with Crippen molar-refractivity contribution in [2.45, 2.75) is 31.4 Å². The van der Waals surface area contributed by atoms with Gasteiger partial charge < -0.3 is 4.90 Å². The van der Waals surface area contributed by atoms with Gasteiger partial charge in [-0.25, -0.2) is 0 Å². The fourth-order valence-electron chi connectivity index (χ4n) is 2.40. The van der Waals surface area contributed by atoms with Crippen molar-refractivity contribution in [2.24, 2.45) is 0 Å². The molecule has 1 fully saturated rings. The largest absolute Gasteiger partial charge is 0.302 e. The molecule has 0 aliphatic carbocycles. The molecule has 0 aromatic heterocycles. The summed E-state index contributed by atoms with van der Waals surface area (Å²) in [5, 5.41) is 0.530. The summed E-state index contributed by atoms with van der Waals surface area (Å²) in [5.74, 6) is 1.27. The highest BCUT2D eigenvalue weighted by Gasteiger charge is 2.23. The SMILES string of the molecule is CC1(C)CCN(CCC(=O)c2ccc(Br)cc2Cl)CCS1. The number of rotatable bonds is 4. The van der Waals surface area contributed by atoms with Gasteiger partial charge in [-0.3, -0.25) is 4.79 Å². The number of carbonyl (C=O) groups excluding carboxylic acids is 1. The van der Waals surface area contributed by atoms with Crippen molar-refractivity contribution in [3.63, 3.8) is 0 Å². The molecule has 21 heavy (non-hydrogen) atoms. The highest BCUT2D eigenvalue weighted by molar-refractivity contribution is 9.10. The summed E-state index contributed by atoms with van der Waals surface area (Å²) < 4.78 is 1.25. The molecule has 0 N–H and O–H groups in total. The Labute approximate surface area is 144 Å². The van der Waals surface area contributed by atoms with Crippen LogP contribution in [0.15, 0.2) is 22.7 Å². The molecule has 1 aliphatic heterocycles. The summed E-state index contributed by atoms with van der Waals surface area (Å²) in [4.78, 5) is 14.7. The monoisotopic (exact) mass is 389 g/mol. The molecule has 0 amide bonds. The minimum absolute atomic E-state index is 0.128. The van der Waals surface area contributed by atoms with Crippen LogP contribution >= 0.6 is 39.3 Å². The normalized spacial score (nSPS) is 19.2. The smallest absolute Gasteiger partial charge is 0.165 e. The molecule has 0 saturated carbocycles. The number of nitrogens with zero attached hydrogens (tertiary/aromatic N) is 1. The van der Waals surface area contributed by atoms with Gasteiger partial charge in [0.2, 0.25) is 0 Å². The highest BCUT2D eigenvalue weighted by Crippen LogP contribution is 2.30. The molecule has 2 rings (SSSR count). The van der Waals surface area contributed by atoms with Gasteiger partial charge >= 0.3 is 0 Å². The molecule has 1 aromatic carbocycles. The Balaban J connectivity index is 1.89. The maximum Gasteiger partial charge on any atom is 0.165 e. The molecule has 1 saturated heterocycles. The zero-order valence-corrected chi connectivity index (χ0v) is 15.7. The number of benzene rings is 1. The van der Waals surface area contributed by atoms with Crippen LogP contribution in [0.25, 0.3) is 0 Å². The Morgan fingerprint density at radius 3 is 2.90 bits per heavy atom. The Morgan fingerprint density at radius 2 is 2.19 bits per heavy atom. The molecule has 1 aliphatic rings. The van der Waals surface area contributed by atoms with Crippen molar-refractivity contribution >= 4 is 45.1 Å². The second-order valence-corrected chi connectivity index (χ2v) is 9.12. The van der Waals surface area contributed by atoms with E-state index in [0.717, 1.165) is 29.9 Å².